The zero-order valence-corrected chi connectivity index (χ0v) is 12.1. The van der Waals surface area contributed by atoms with Crippen molar-refractivity contribution < 1.29 is 9.90 Å². The Morgan fingerprint density at radius 2 is 1.90 bits per heavy atom. The Balaban J connectivity index is 2.16. The number of aromatic nitrogens is 1. The van der Waals surface area contributed by atoms with Crippen LogP contribution < -0.4 is 5.32 Å². The van der Waals surface area contributed by atoms with E-state index in [2.05, 4.69) is 10.3 Å². The molecule has 0 aliphatic heterocycles. The number of anilines is 1. The number of amides is 1. The fraction of sp³-hybridized carbons (Fsp3) is 0.143. The van der Waals surface area contributed by atoms with Gasteiger partial charge >= 0.3 is 0 Å². The summed E-state index contributed by atoms with van der Waals surface area (Å²) in [7, 11) is 0. The van der Waals surface area contributed by atoms with Crippen molar-refractivity contribution in [3.8, 4) is 0 Å². The van der Waals surface area contributed by atoms with Gasteiger partial charge in [0.05, 0.1) is 0 Å². The molecule has 0 bridgehead atoms. The van der Waals surface area contributed by atoms with Gasteiger partial charge in [-0.1, -0.05) is 23.2 Å². The topological polar surface area (TPSA) is 62.2 Å². The van der Waals surface area contributed by atoms with Gasteiger partial charge in [0.1, 0.15) is 5.82 Å². The Morgan fingerprint density at radius 1 is 1.25 bits per heavy atom. The lowest BCUT2D eigenvalue weighted by molar-refractivity contribution is -0.124. The van der Waals surface area contributed by atoms with Gasteiger partial charge in [-0.3, -0.25) is 4.79 Å². The second-order valence-corrected chi connectivity index (χ2v) is 5.19. The van der Waals surface area contributed by atoms with E-state index in [1.807, 2.05) is 13.0 Å². The molecular formula is C14H12Cl2N2O2. The van der Waals surface area contributed by atoms with Crippen LogP contribution in [0.3, 0.4) is 0 Å². The maximum atomic E-state index is 12.0. The van der Waals surface area contributed by atoms with E-state index in [0.29, 0.717) is 21.4 Å². The van der Waals surface area contributed by atoms with Crippen molar-refractivity contribution >= 4 is 34.9 Å². The molecule has 1 unspecified atom stereocenters. The molecule has 0 fully saturated rings. The monoisotopic (exact) mass is 310 g/mol. The van der Waals surface area contributed by atoms with Crippen LogP contribution in [-0.2, 0) is 4.79 Å². The molecule has 0 spiro atoms. The van der Waals surface area contributed by atoms with Gasteiger partial charge in [-0.2, -0.15) is 0 Å². The van der Waals surface area contributed by atoms with E-state index in [1.165, 1.54) is 18.2 Å². The summed E-state index contributed by atoms with van der Waals surface area (Å²) in [5, 5.41) is 13.3. The SMILES string of the molecule is Cc1ccnc(NC(=O)C(O)c2cc(Cl)cc(Cl)c2)c1. The van der Waals surface area contributed by atoms with Gasteiger partial charge in [-0.25, -0.2) is 4.98 Å². The molecule has 1 aromatic heterocycles. The Bertz CT molecular complexity index is 627. The van der Waals surface area contributed by atoms with E-state index >= 15 is 0 Å². The zero-order valence-electron chi connectivity index (χ0n) is 10.6. The second-order valence-electron chi connectivity index (χ2n) is 4.31. The van der Waals surface area contributed by atoms with Gasteiger partial charge in [-0.05, 0) is 48.4 Å². The fourth-order valence-electron chi connectivity index (χ4n) is 1.68. The summed E-state index contributed by atoms with van der Waals surface area (Å²) in [5.74, 6) is -0.219. The van der Waals surface area contributed by atoms with Crippen LogP contribution in [0.1, 0.15) is 17.2 Å². The molecule has 104 valence electrons. The lowest BCUT2D eigenvalue weighted by atomic mass is 10.1. The third kappa shape index (κ3) is 3.70. The number of benzene rings is 1. The minimum atomic E-state index is -1.37. The highest BCUT2D eigenvalue weighted by Gasteiger charge is 2.19. The highest BCUT2D eigenvalue weighted by Crippen LogP contribution is 2.24. The molecule has 0 saturated carbocycles. The third-order valence-electron chi connectivity index (χ3n) is 2.62. The molecule has 0 aliphatic carbocycles. The van der Waals surface area contributed by atoms with Crippen LogP contribution in [0.5, 0.6) is 0 Å². The molecule has 2 N–H and O–H groups in total. The van der Waals surface area contributed by atoms with Crippen LogP contribution in [-0.4, -0.2) is 16.0 Å². The predicted octanol–water partition coefficient (Wildman–Crippen LogP) is 3.37. The molecule has 1 atom stereocenters. The number of nitrogens with one attached hydrogen (secondary N) is 1. The van der Waals surface area contributed by atoms with Gasteiger partial charge in [0.15, 0.2) is 6.10 Å². The number of aryl methyl sites for hydroxylation is 1. The van der Waals surface area contributed by atoms with Gasteiger partial charge in [0.25, 0.3) is 5.91 Å². The van der Waals surface area contributed by atoms with Crippen LogP contribution in [0.25, 0.3) is 0 Å². The Hall–Kier alpha value is -1.62. The summed E-state index contributed by atoms with van der Waals surface area (Å²) in [6.07, 6.45) is 0.210. The smallest absolute Gasteiger partial charge is 0.258 e. The molecule has 0 saturated heterocycles. The number of carbonyl (C=O) groups is 1. The normalized spacial score (nSPS) is 12.0. The zero-order chi connectivity index (χ0) is 14.7. The largest absolute Gasteiger partial charge is 0.378 e. The highest BCUT2D eigenvalue weighted by molar-refractivity contribution is 6.34. The summed E-state index contributed by atoms with van der Waals surface area (Å²) in [5.41, 5.74) is 1.28. The molecule has 6 heteroatoms. The van der Waals surface area contributed by atoms with Crippen molar-refractivity contribution in [3.05, 3.63) is 57.7 Å². The quantitative estimate of drug-likeness (QED) is 0.913. The van der Waals surface area contributed by atoms with E-state index < -0.39 is 12.0 Å². The maximum Gasteiger partial charge on any atom is 0.258 e. The van der Waals surface area contributed by atoms with E-state index in [9.17, 15) is 9.90 Å². The van der Waals surface area contributed by atoms with E-state index in [-0.39, 0.29) is 0 Å². The predicted molar refractivity (Wildman–Crippen MR) is 79.0 cm³/mol. The molecule has 1 aromatic carbocycles. The van der Waals surface area contributed by atoms with Gasteiger partial charge in [0.2, 0.25) is 0 Å². The van der Waals surface area contributed by atoms with Crippen LogP contribution >= 0.6 is 23.2 Å². The number of rotatable bonds is 3. The number of nitrogens with zero attached hydrogens (tertiary/aromatic N) is 1. The van der Waals surface area contributed by atoms with Crippen LogP contribution in [0, 0.1) is 6.92 Å². The number of hydrogen-bond acceptors (Lipinski definition) is 3. The molecule has 4 nitrogen and oxygen atoms in total. The second kappa shape index (κ2) is 6.22. The first kappa shape index (κ1) is 14.8. The number of carbonyl (C=O) groups excluding carboxylic acids is 1. The fourth-order valence-corrected chi connectivity index (χ4v) is 2.23. The molecule has 0 radical (unpaired) electrons. The van der Waals surface area contributed by atoms with Crippen molar-refractivity contribution in [2.75, 3.05) is 5.32 Å². The van der Waals surface area contributed by atoms with E-state index in [1.54, 1.807) is 12.3 Å². The van der Waals surface area contributed by atoms with Gasteiger partial charge in [0, 0.05) is 16.2 Å². The Morgan fingerprint density at radius 3 is 2.50 bits per heavy atom. The standard InChI is InChI=1S/C14H12Cl2N2O2/c1-8-2-3-17-12(4-8)18-14(20)13(19)9-5-10(15)7-11(16)6-9/h2-7,13,19H,1H3,(H,17,18,20). The molecule has 0 aliphatic rings. The minimum Gasteiger partial charge on any atom is -0.378 e. The molecule has 2 aromatic rings. The average Bonchev–Trinajstić information content (AvgIpc) is 2.36. The number of aliphatic hydroxyl groups excluding tert-OH is 1. The summed E-state index contributed by atoms with van der Waals surface area (Å²) in [6.45, 7) is 1.88. The lowest BCUT2D eigenvalue weighted by Gasteiger charge is -2.12. The Kier molecular flexibility index (Phi) is 4.60. The minimum absolute atomic E-state index is 0.327. The molecule has 2 rings (SSSR count). The van der Waals surface area contributed by atoms with Gasteiger partial charge < -0.3 is 10.4 Å². The van der Waals surface area contributed by atoms with Gasteiger partial charge in [-0.15, -0.1) is 0 Å². The summed E-state index contributed by atoms with van der Waals surface area (Å²) in [4.78, 5) is 16.0. The number of aliphatic hydroxyl groups is 1. The number of pyridine rings is 1. The molecule has 1 amide bonds. The third-order valence-corrected chi connectivity index (χ3v) is 3.05. The summed E-state index contributed by atoms with van der Waals surface area (Å²) < 4.78 is 0. The first-order valence-corrected chi connectivity index (χ1v) is 6.59. The van der Waals surface area contributed by atoms with Crippen molar-refractivity contribution in [2.45, 2.75) is 13.0 Å². The van der Waals surface area contributed by atoms with Crippen molar-refractivity contribution in [3.63, 3.8) is 0 Å². The maximum absolute atomic E-state index is 12.0. The van der Waals surface area contributed by atoms with Crippen LogP contribution in [0.2, 0.25) is 10.0 Å². The molecule has 20 heavy (non-hydrogen) atoms. The number of hydrogen-bond donors (Lipinski definition) is 2. The molecule has 1 heterocycles. The average molecular weight is 311 g/mol. The molecular weight excluding hydrogens is 299 g/mol. The van der Waals surface area contributed by atoms with Crippen LogP contribution in [0.15, 0.2) is 36.5 Å². The summed E-state index contributed by atoms with van der Waals surface area (Å²) >= 11 is 11.7. The van der Waals surface area contributed by atoms with Crippen molar-refractivity contribution in [2.24, 2.45) is 0 Å². The lowest BCUT2D eigenvalue weighted by Crippen LogP contribution is -2.21. The van der Waals surface area contributed by atoms with E-state index in [4.69, 9.17) is 23.2 Å². The first-order valence-electron chi connectivity index (χ1n) is 5.83. The van der Waals surface area contributed by atoms with Crippen molar-refractivity contribution in [1.29, 1.82) is 0 Å². The Labute approximate surface area is 126 Å². The number of halogens is 2. The first-order chi connectivity index (χ1) is 9.45. The van der Waals surface area contributed by atoms with Crippen molar-refractivity contribution in [1.82, 2.24) is 4.98 Å². The van der Waals surface area contributed by atoms with Crippen LogP contribution in [0.4, 0.5) is 5.82 Å². The summed E-state index contributed by atoms with van der Waals surface area (Å²) in [6, 6.07) is 8.01. The van der Waals surface area contributed by atoms with E-state index in [0.717, 1.165) is 5.56 Å². The highest BCUT2D eigenvalue weighted by atomic mass is 35.5.